The van der Waals surface area contributed by atoms with E-state index in [9.17, 15) is 4.79 Å². The standard InChI is InChI=1S/C20H20ClN3O2S/c1-12-7-8-13(2)17(9-12)22-20(25)14(3)27-11-18-23-19(24-26-18)15-5-4-6-16(21)10-15/h4-10,14H,11H2,1-3H3,(H,22,25)/t14-/m0/s1. The number of rotatable bonds is 6. The van der Waals surface area contributed by atoms with Gasteiger partial charge in [-0.25, -0.2) is 0 Å². The van der Waals surface area contributed by atoms with Crippen LogP contribution >= 0.6 is 23.4 Å². The number of carbonyl (C=O) groups excluding carboxylic acids is 1. The van der Waals surface area contributed by atoms with Crippen molar-refractivity contribution in [3.63, 3.8) is 0 Å². The van der Waals surface area contributed by atoms with Gasteiger partial charge in [0.15, 0.2) is 0 Å². The molecule has 140 valence electrons. The Morgan fingerprint density at radius 2 is 2.07 bits per heavy atom. The van der Waals surface area contributed by atoms with Gasteiger partial charge >= 0.3 is 0 Å². The van der Waals surface area contributed by atoms with Crippen LogP contribution in [0.5, 0.6) is 0 Å². The predicted octanol–water partition coefficient (Wildman–Crippen LogP) is 5.27. The van der Waals surface area contributed by atoms with Gasteiger partial charge in [0.05, 0.1) is 11.0 Å². The number of carbonyl (C=O) groups is 1. The number of halogens is 1. The summed E-state index contributed by atoms with van der Waals surface area (Å²) in [4.78, 5) is 16.8. The molecule has 1 amide bonds. The number of anilines is 1. The molecule has 5 nitrogen and oxygen atoms in total. The fourth-order valence-electron chi connectivity index (χ4n) is 2.44. The number of amides is 1. The van der Waals surface area contributed by atoms with Crippen molar-refractivity contribution in [2.24, 2.45) is 0 Å². The molecule has 0 saturated heterocycles. The van der Waals surface area contributed by atoms with Gasteiger partial charge in [-0.15, -0.1) is 11.8 Å². The molecular weight excluding hydrogens is 382 g/mol. The second kappa shape index (κ2) is 8.59. The Hall–Kier alpha value is -2.31. The predicted molar refractivity (Wildman–Crippen MR) is 110 cm³/mol. The van der Waals surface area contributed by atoms with Gasteiger partial charge in [-0.3, -0.25) is 4.79 Å². The first-order chi connectivity index (χ1) is 12.9. The van der Waals surface area contributed by atoms with Gasteiger partial charge < -0.3 is 9.84 Å². The number of aromatic nitrogens is 2. The first-order valence-corrected chi connectivity index (χ1v) is 9.93. The topological polar surface area (TPSA) is 68.0 Å². The van der Waals surface area contributed by atoms with Crippen LogP contribution in [0, 0.1) is 13.8 Å². The molecule has 0 radical (unpaired) electrons. The molecule has 1 aromatic heterocycles. The molecule has 0 aliphatic carbocycles. The molecule has 27 heavy (non-hydrogen) atoms. The highest BCUT2D eigenvalue weighted by Crippen LogP contribution is 2.24. The molecule has 3 aromatic rings. The van der Waals surface area contributed by atoms with Crippen LogP contribution in [0.15, 0.2) is 47.0 Å². The largest absolute Gasteiger partial charge is 0.338 e. The van der Waals surface area contributed by atoms with Crippen molar-refractivity contribution in [2.75, 3.05) is 5.32 Å². The van der Waals surface area contributed by atoms with Crippen LogP contribution in [0.2, 0.25) is 5.02 Å². The Labute approximate surface area is 167 Å². The minimum atomic E-state index is -0.258. The molecule has 0 unspecified atom stereocenters. The summed E-state index contributed by atoms with van der Waals surface area (Å²) in [5.41, 5.74) is 3.78. The second-order valence-corrected chi connectivity index (χ2v) is 8.05. The number of aryl methyl sites for hydroxylation is 2. The van der Waals surface area contributed by atoms with Crippen molar-refractivity contribution in [2.45, 2.75) is 31.8 Å². The fourth-order valence-corrected chi connectivity index (χ4v) is 3.35. The van der Waals surface area contributed by atoms with E-state index in [1.54, 1.807) is 12.1 Å². The highest BCUT2D eigenvalue weighted by atomic mass is 35.5. The van der Waals surface area contributed by atoms with Gasteiger partial charge in [-0.1, -0.05) is 41.0 Å². The van der Waals surface area contributed by atoms with E-state index < -0.39 is 0 Å². The van der Waals surface area contributed by atoms with Crippen molar-refractivity contribution in [1.29, 1.82) is 0 Å². The van der Waals surface area contributed by atoms with Gasteiger partial charge in [0, 0.05) is 16.3 Å². The Kier molecular flexibility index (Phi) is 6.19. The highest BCUT2D eigenvalue weighted by Gasteiger charge is 2.17. The van der Waals surface area contributed by atoms with Gasteiger partial charge in [0.2, 0.25) is 17.6 Å². The monoisotopic (exact) mass is 401 g/mol. The first kappa shape index (κ1) is 19.5. The second-order valence-electron chi connectivity index (χ2n) is 6.28. The molecule has 0 saturated carbocycles. The summed E-state index contributed by atoms with van der Waals surface area (Å²) in [5.74, 6) is 1.36. The van der Waals surface area contributed by atoms with E-state index in [0.717, 1.165) is 22.4 Å². The summed E-state index contributed by atoms with van der Waals surface area (Å²) >= 11 is 7.44. The zero-order valence-corrected chi connectivity index (χ0v) is 16.9. The number of nitrogens with zero attached hydrogens (tertiary/aromatic N) is 2. The molecule has 1 N–H and O–H groups in total. The van der Waals surface area contributed by atoms with Crippen LogP contribution in [0.3, 0.4) is 0 Å². The number of thioether (sulfide) groups is 1. The van der Waals surface area contributed by atoms with Crippen molar-refractivity contribution < 1.29 is 9.32 Å². The van der Waals surface area contributed by atoms with E-state index in [1.807, 2.05) is 51.1 Å². The lowest BCUT2D eigenvalue weighted by Crippen LogP contribution is -2.23. The van der Waals surface area contributed by atoms with E-state index >= 15 is 0 Å². The molecule has 7 heteroatoms. The van der Waals surface area contributed by atoms with Crippen molar-refractivity contribution >= 4 is 35.0 Å². The number of nitrogens with one attached hydrogen (secondary N) is 1. The minimum Gasteiger partial charge on any atom is -0.338 e. The van der Waals surface area contributed by atoms with Gasteiger partial charge in [0.25, 0.3) is 0 Å². The van der Waals surface area contributed by atoms with Crippen LogP contribution in [0.25, 0.3) is 11.4 Å². The molecule has 0 fully saturated rings. The molecule has 1 heterocycles. The van der Waals surface area contributed by atoms with E-state index in [0.29, 0.717) is 22.5 Å². The Morgan fingerprint density at radius 1 is 1.26 bits per heavy atom. The van der Waals surface area contributed by atoms with Crippen LogP contribution in [0.4, 0.5) is 5.69 Å². The average molecular weight is 402 g/mol. The lowest BCUT2D eigenvalue weighted by atomic mass is 10.1. The summed E-state index contributed by atoms with van der Waals surface area (Å²) in [6.07, 6.45) is 0. The summed E-state index contributed by atoms with van der Waals surface area (Å²) in [6, 6.07) is 13.3. The van der Waals surface area contributed by atoms with Gasteiger partial charge in [-0.2, -0.15) is 4.98 Å². The van der Waals surface area contributed by atoms with Crippen LogP contribution in [0.1, 0.15) is 23.9 Å². The quantitative estimate of drug-likeness (QED) is 0.609. The number of benzene rings is 2. The zero-order valence-electron chi connectivity index (χ0n) is 15.3. The van der Waals surface area contributed by atoms with Crippen molar-refractivity contribution in [1.82, 2.24) is 10.1 Å². The highest BCUT2D eigenvalue weighted by molar-refractivity contribution is 7.99. The first-order valence-electron chi connectivity index (χ1n) is 8.50. The average Bonchev–Trinajstić information content (AvgIpc) is 3.12. The number of hydrogen-bond acceptors (Lipinski definition) is 5. The van der Waals surface area contributed by atoms with Crippen molar-refractivity contribution in [3.05, 3.63) is 64.5 Å². The molecular formula is C20H20ClN3O2S. The maximum Gasteiger partial charge on any atom is 0.237 e. The molecule has 1 atom stereocenters. The summed E-state index contributed by atoms with van der Waals surface area (Å²) in [6.45, 7) is 5.84. The third kappa shape index (κ3) is 5.11. The van der Waals surface area contributed by atoms with E-state index in [-0.39, 0.29) is 11.2 Å². The van der Waals surface area contributed by atoms with E-state index in [4.69, 9.17) is 16.1 Å². The SMILES string of the molecule is Cc1ccc(C)c(NC(=O)[C@H](C)SCc2nc(-c3cccc(Cl)c3)no2)c1. The summed E-state index contributed by atoms with van der Waals surface area (Å²) < 4.78 is 5.29. The Balaban J connectivity index is 1.58. The van der Waals surface area contributed by atoms with Gasteiger partial charge in [0.1, 0.15) is 0 Å². The molecule has 0 aliphatic heterocycles. The molecule has 2 aromatic carbocycles. The zero-order chi connectivity index (χ0) is 19.4. The number of hydrogen-bond donors (Lipinski definition) is 1. The summed E-state index contributed by atoms with van der Waals surface area (Å²) in [7, 11) is 0. The van der Waals surface area contributed by atoms with E-state index in [1.165, 1.54) is 11.8 Å². The lowest BCUT2D eigenvalue weighted by molar-refractivity contribution is -0.115. The molecule has 0 spiro atoms. The maximum absolute atomic E-state index is 12.4. The van der Waals surface area contributed by atoms with Gasteiger partial charge in [-0.05, 0) is 50.1 Å². The molecule has 0 bridgehead atoms. The Bertz CT molecular complexity index is 958. The van der Waals surface area contributed by atoms with Crippen LogP contribution in [-0.2, 0) is 10.5 Å². The van der Waals surface area contributed by atoms with Crippen molar-refractivity contribution in [3.8, 4) is 11.4 Å². The fraction of sp³-hybridized carbons (Fsp3) is 0.250. The Morgan fingerprint density at radius 3 is 2.85 bits per heavy atom. The maximum atomic E-state index is 12.4. The molecule has 3 rings (SSSR count). The third-order valence-corrected chi connectivity index (χ3v) is 5.39. The molecule has 0 aliphatic rings. The van der Waals surface area contributed by atoms with E-state index in [2.05, 4.69) is 15.5 Å². The third-order valence-electron chi connectivity index (χ3n) is 4.03. The lowest BCUT2D eigenvalue weighted by Gasteiger charge is -2.13. The smallest absolute Gasteiger partial charge is 0.237 e. The van der Waals surface area contributed by atoms with Crippen LogP contribution in [-0.4, -0.2) is 21.3 Å². The normalized spacial score (nSPS) is 12.0. The summed E-state index contributed by atoms with van der Waals surface area (Å²) in [5, 5.41) is 7.32. The van der Waals surface area contributed by atoms with Crippen LogP contribution < -0.4 is 5.32 Å². The minimum absolute atomic E-state index is 0.0525.